The summed E-state index contributed by atoms with van der Waals surface area (Å²) in [6.07, 6.45) is 1.52. The number of aliphatic hydroxyl groups is 1. The molecule has 0 unspecified atom stereocenters. The highest BCUT2D eigenvalue weighted by atomic mass is 32.2. The predicted octanol–water partition coefficient (Wildman–Crippen LogP) is 1.20. The molecular weight excluding hydrogens is 164 g/mol. The number of carbonyl (C=O) groups is 1. The summed E-state index contributed by atoms with van der Waals surface area (Å²) in [5.41, 5.74) is 0. The highest BCUT2D eigenvalue weighted by Gasteiger charge is 2.06. The van der Waals surface area contributed by atoms with Crippen LogP contribution in [0.5, 0.6) is 0 Å². The first-order valence-electron chi connectivity index (χ1n) is 3.09. The molecule has 0 atom stereocenters. The van der Waals surface area contributed by atoms with E-state index in [-0.39, 0.29) is 5.12 Å². The van der Waals surface area contributed by atoms with Gasteiger partial charge in [-0.1, -0.05) is 0 Å². The minimum absolute atomic E-state index is 0.269. The van der Waals surface area contributed by atoms with Crippen molar-refractivity contribution >= 4 is 16.9 Å². The quantitative estimate of drug-likeness (QED) is 0.681. The summed E-state index contributed by atoms with van der Waals surface area (Å²) in [6.45, 7) is 1.34. The van der Waals surface area contributed by atoms with Crippen LogP contribution in [0, 0.1) is 6.92 Å². The van der Waals surface area contributed by atoms with Crippen molar-refractivity contribution in [1.82, 2.24) is 0 Å². The number of hydrogen-bond acceptors (Lipinski definition) is 4. The Labute approximate surface area is 68.4 Å². The van der Waals surface area contributed by atoms with E-state index in [1.807, 2.05) is 0 Å². The van der Waals surface area contributed by atoms with Gasteiger partial charge in [-0.05, 0) is 24.8 Å². The van der Waals surface area contributed by atoms with Crippen LogP contribution in [0.2, 0.25) is 0 Å². The number of rotatable bonds is 2. The van der Waals surface area contributed by atoms with Crippen LogP contribution in [0.4, 0.5) is 0 Å². The Hall–Kier alpha value is -0.740. The standard InChI is InChI=1S/C7H8O3S/c1-5-6(2-3-10-5)11-7(9)4-8/h2-3,8H,4H2,1H3. The van der Waals surface area contributed by atoms with Gasteiger partial charge < -0.3 is 9.52 Å². The van der Waals surface area contributed by atoms with Crippen molar-refractivity contribution < 1.29 is 14.3 Å². The number of hydrogen-bond donors (Lipinski definition) is 1. The van der Waals surface area contributed by atoms with Crippen molar-refractivity contribution in [3.05, 3.63) is 18.1 Å². The fourth-order valence-electron chi connectivity index (χ4n) is 0.634. The molecule has 0 aliphatic carbocycles. The molecule has 1 heterocycles. The second-order valence-electron chi connectivity index (χ2n) is 1.97. The summed E-state index contributed by atoms with van der Waals surface area (Å²) < 4.78 is 4.96. The number of furan rings is 1. The summed E-state index contributed by atoms with van der Waals surface area (Å²) in [7, 11) is 0. The minimum Gasteiger partial charge on any atom is -0.468 e. The third-order valence-corrected chi connectivity index (χ3v) is 2.16. The number of carbonyl (C=O) groups excluding carboxylic acids is 1. The molecule has 0 bridgehead atoms. The molecule has 0 amide bonds. The Morgan fingerprint density at radius 3 is 3.00 bits per heavy atom. The maximum absolute atomic E-state index is 10.7. The van der Waals surface area contributed by atoms with Crippen LogP contribution in [0.3, 0.4) is 0 Å². The van der Waals surface area contributed by atoms with Crippen molar-refractivity contribution in [3.8, 4) is 0 Å². The Balaban J connectivity index is 2.64. The van der Waals surface area contributed by atoms with Crippen LogP contribution in [0.15, 0.2) is 21.6 Å². The molecule has 1 aromatic rings. The fourth-order valence-corrected chi connectivity index (χ4v) is 1.26. The van der Waals surface area contributed by atoms with E-state index in [1.165, 1.54) is 6.26 Å². The lowest BCUT2D eigenvalue weighted by Crippen LogP contribution is -1.96. The molecule has 11 heavy (non-hydrogen) atoms. The number of aliphatic hydroxyl groups excluding tert-OH is 1. The number of aryl methyl sites for hydroxylation is 1. The van der Waals surface area contributed by atoms with E-state index in [1.54, 1.807) is 13.0 Å². The molecule has 0 saturated heterocycles. The lowest BCUT2D eigenvalue weighted by Gasteiger charge is -1.93. The monoisotopic (exact) mass is 172 g/mol. The van der Waals surface area contributed by atoms with Gasteiger partial charge in [0, 0.05) is 0 Å². The topological polar surface area (TPSA) is 50.4 Å². The van der Waals surface area contributed by atoms with Crippen molar-refractivity contribution in [1.29, 1.82) is 0 Å². The normalized spacial score (nSPS) is 10.0. The molecule has 3 nitrogen and oxygen atoms in total. The molecule has 0 spiro atoms. The Morgan fingerprint density at radius 2 is 2.55 bits per heavy atom. The largest absolute Gasteiger partial charge is 0.468 e. The maximum atomic E-state index is 10.7. The van der Waals surface area contributed by atoms with Crippen molar-refractivity contribution in [2.45, 2.75) is 11.8 Å². The van der Waals surface area contributed by atoms with Gasteiger partial charge in [-0.2, -0.15) is 0 Å². The van der Waals surface area contributed by atoms with Gasteiger partial charge in [-0.25, -0.2) is 0 Å². The van der Waals surface area contributed by atoms with Crippen LogP contribution in [0.1, 0.15) is 5.76 Å². The van der Waals surface area contributed by atoms with E-state index < -0.39 is 6.61 Å². The first kappa shape index (κ1) is 8.36. The first-order valence-corrected chi connectivity index (χ1v) is 3.91. The summed E-state index contributed by atoms with van der Waals surface area (Å²) in [5, 5.41) is 8.15. The lowest BCUT2D eigenvalue weighted by molar-refractivity contribution is -0.113. The van der Waals surface area contributed by atoms with E-state index in [0.29, 0.717) is 5.76 Å². The van der Waals surface area contributed by atoms with E-state index in [2.05, 4.69) is 0 Å². The van der Waals surface area contributed by atoms with Gasteiger partial charge in [0.25, 0.3) is 0 Å². The Morgan fingerprint density at radius 1 is 1.82 bits per heavy atom. The van der Waals surface area contributed by atoms with Crippen LogP contribution >= 0.6 is 11.8 Å². The Kier molecular flexibility index (Phi) is 2.73. The average Bonchev–Trinajstić information content (AvgIpc) is 2.37. The van der Waals surface area contributed by atoms with Gasteiger partial charge in [0.05, 0.1) is 11.2 Å². The van der Waals surface area contributed by atoms with Crippen LogP contribution in [-0.4, -0.2) is 16.8 Å². The van der Waals surface area contributed by atoms with Crippen LogP contribution in [-0.2, 0) is 4.79 Å². The van der Waals surface area contributed by atoms with Crippen molar-refractivity contribution in [2.24, 2.45) is 0 Å². The highest BCUT2D eigenvalue weighted by Crippen LogP contribution is 2.23. The maximum Gasteiger partial charge on any atom is 0.219 e. The van der Waals surface area contributed by atoms with Crippen LogP contribution in [0.25, 0.3) is 0 Å². The lowest BCUT2D eigenvalue weighted by atomic mass is 10.5. The second kappa shape index (κ2) is 3.59. The van der Waals surface area contributed by atoms with Gasteiger partial charge in [-0.15, -0.1) is 0 Å². The highest BCUT2D eigenvalue weighted by molar-refractivity contribution is 8.13. The summed E-state index contributed by atoms with van der Waals surface area (Å²) in [6, 6.07) is 1.70. The third kappa shape index (κ3) is 2.10. The van der Waals surface area contributed by atoms with Gasteiger partial charge >= 0.3 is 0 Å². The summed E-state index contributed by atoms with van der Waals surface area (Å²) in [4.78, 5) is 11.5. The van der Waals surface area contributed by atoms with Crippen molar-refractivity contribution in [3.63, 3.8) is 0 Å². The summed E-state index contributed by atoms with van der Waals surface area (Å²) in [5.74, 6) is 0.705. The molecule has 0 aliphatic heterocycles. The smallest absolute Gasteiger partial charge is 0.219 e. The molecule has 0 aromatic carbocycles. The SMILES string of the molecule is Cc1occc1SC(=O)CO. The molecule has 1 aromatic heterocycles. The van der Waals surface area contributed by atoms with Gasteiger partial charge in [0.2, 0.25) is 5.12 Å². The predicted molar refractivity (Wildman–Crippen MR) is 41.4 cm³/mol. The zero-order valence-electron chi connectivity index (χ0n) is 6.03. The average molecular weight is 172 g/mol. The molecule has 1 rings (SSSR count). The second-order valence-corrected chi connectivity index (χ2v) is 3.07. The molecule has 1 N–H and O–H groups in total. The van der Waals surface area contributed by atoms with E-state index in [0.717, 1.165) is 16.7 Å². The molecule has 0 radical (unpaired) electrons. The molecule has 4 heteroatoms. The number of thioether (sulfide) groups is 1. The summed E-state index contributed by atoms with van der Waals surface area (Å²) >= 11 is 0.994. The fraction of sp³-hybridized carbons (Fsp3) is 0.286. The van der Waals surface area contributed by atoms with E-state index in [9.17, 15) is 4.79 Å². The zero-order chi connectivity index (χ0) is 8.27. The Bertz CT molecular complexity index is 254. The van der Waals surface area contributed by atoms with Crippen molar-refractivity contribution in [2.75, 3.05) is 6.61 Å². The molecule has 0 aliphatic rings. The van der Waals surface area contributed by atoms with E-state index in [4.69, 9.17) is 9.52 Å². The van der Waals surface area contributed by atoms with Gasteiger partial charge in [-0.3, -0.25) is 4.79 Å². The zero-order valence-corrected chi connectivity index (χ0v) is 6.85. The molecule has 0 saturated carbocycles. The van der Waals surface area contributed by atoms with Gasteiger partial charge in [0.1, 0.15) is 12.4 Å². The molecule has 60 valence electrons. The third-order valence-electron chi connectivity index (χ3n) is 1.16. The first-order chi connectivity index (χ1) is 5.24. The molecule has 0 fully saturated rings. The van der Waals surface area contributed by atoms with Crippen LogP contribution < -0.4 is 0 Å². The van der Waals surface area contributed by atoms with Gasteiger partial charge in [0.15, 0.2) is 0 Å². The minimum atomic E-state index is -0.435. The molecular formula is C7H8O3S. The van der Waals surface area contributed by atoms with E-state index >= 15 is 0 Å².